The van der Waals surface area contributed by atoms with Gasteiger partial charge in [0.15, 0.2) is 5.82 Å². The van der Waals surface area contributed by atoms with E-state index < -0.39 is 21.3 Å². The van der Waals surface area contributed by atoms with Gasteiger partial charge in [-0.05, 0) is 57.9 Å². The Hall–Kier alpha value is -2.52. The maximum atomic E-state index is 14.9. The molecule has 0 aliphatic heterocycles. The van der Waals surface area contributed by atoms with E-state index in [-0.39, 0.29) is 11.1 Å². The summed E-state index contributed by atoms with van der Waals surface area (Å²) in [5.74, 6) is 0.522. The van der Waals surface area contributed by atoms with E-state index in [0.717, 1.165) is 34.4 Å². The van der Waals surface area contributed by atoms with Crippen LogP contribution >= 0.6 is 15.9 Å². The van der Waals surface area contributed by atoms with Gasteiger partial charge in [0, 0.05) is 11.5 Å². The zero-order valence-corrected chi connectivity index (χ0v) is 20.1. The molecule has 2 aromatic carbocycles. The Morgan fingerprint density at radius 1 is 1.22 bits per heavy atom. The second kappa shape index (κ2) is 7.52. The summed E-state index contributed by atoms with van der Waals surface area (Å²) in [5, 5.41) is 8.67. The summed E-state index contributed by atoms with van der Waals surface area (Å²) >= 11 is 3.50. The summed E-state index contributed by atoms with van der Waals surface area (Å²) in [4.78, 5) is 0. The Kier molecular flexibility index (Phi) is 5.01. The van der Waals surface area contributed by atoms with Crippen molar-refractivity contribution in [2.75, 3.05) is 0 Å². The minimum atomic E-state index is -3.84. The van der Waals surface area contributed by atoms with Crippen molar-refractivity contribution >= 4 is 36.9 Å². The first kappa shape index (κ1) is 21.3. The van der Waals surface area contributed by atoms with Crippen LogP contribution in [0.4, 0.5) is 4.39 Å². The van der Waals surface area contributed by atoms with E-state index in [1.807, 2.05) is 23.7 Å². The lowest BCUT2D eigenvalue weighted by molar-refractivity contribution is 0.185. The van der Waals surface area contributed by atoms with Gasteiger partial charge in [-0.15, -0.1) is 10.2 Å². The van der Waals surface area contributed by atoms with E-state index in [4.69, 9.17) is 0 Å². The lowest BCUT2D eigenvalue weighted by Crippen LogP contribution is -2.43. The highest BCUT2D eigenvalue weighted by Crippen LogP contribution is 2.52. The number of nitrogens with zero attached hydrogens (tertiary/aromatic N) is 4. The number of benzene rings is 2. The normalized spacial score (nSPS) is 21.1. The predicted octanol–water partition coefficient (Wildman–Crippen LogP) is 4.77. The molecule has 1 aliphatic carbocycles. The van der Waals surface area contributed by atoms with Gasteiger partial charge in [-0.25, -0.2) is 16.8 Å². The van der Waals surface area contributed by atoms with Crippen molar-refractivity contribution in [2.24, 2.45) is 13.0 Å². The third-order valence-electron chi connectivity index (χ3n) is 6.35. The molecule has 32 heavy (non-hydrogen) atoms. The number of aryl methyl sites for hydroxylation is 1. The minimum absolute atomic E-state index is 0.218. The highest BCUT2D eigenvalue weighted by molar-refractivity contribution is 9.10. The molecule has 2 heterocycles. The molecule has 9 heteroatoms. The fraction of sp³-hybridized carbons (Fsp3) is 0.304. The molecule has 0 N–H and O–H groups in total. The highest BCUT2D eigenvalue weighted by atomic mass is 79.9. The number of hydrogen-bond acceptors (Lipinski definition) is 4. The Morgan fingerprint density at radius 3 is 2.56 bits per heavy atom. The molecule has 4 aromatic rings. The fourth-order valence-corrected chi connectivity index (χ4v) is 7.08. The molecule has 1 fully saturated rings. The molecule has 0 spiro atoms. The van der Waals surface area contributed by atoms with Gasteiger partial charge in [0.05, 0.1) is 28.3 Å². The summed E-state index contributed by atoms with van der Waals surface area (Å²) in [5.41, 5.74) is 1.48. The Morgan fingerprint density at radius 2 is 1.94 bits per heavy atom. The molecule has 1 aliphatic rings. The van der Waals surface area contributed by atoms with E-state index in [1.54, 1.807) is 36.7 Å². The molecule has 5 rings (SSSR count). The van der Waals surface area contributed by atoms with Crippen LogP contribution in [0.2, 0.25) is 0 Å². The summed E-state index contributed by atoms with van der Waals surface area (Å²) < 4.78 is 45.0. The van der Waals surface area contributed by atoms with Crippen molar-refractivity contribution in [2.45, 2.75) is 30.9 Å². The molecular weight excluding hydrogens is 495 g/mol. The Labute approximate surface area is 194 Å². The van der Waals surface area contributed by atoms with Gasteiger partial charge in [-0.2, -0.15) is 0 Å². The third-order valence-corrected chi connectivity index (χ3v) is 8.58. The van der Waals surface area contributed by atoms with Crippen molar-refractivity contribution in [1.82, 2.24) is 18.7 Å². The zero-order valence-electron chi connectivity index (χ0n) is 17.7. The number of halogens is 2. The first-order chi connectivity index (χ1) is 15.2. The average Bonchev–Trinajstić information content (AvgIpc) is 3.30. The van der Waals surface area contributed by atoms with Crippen molar-refractivity contribution in [3.05, 3.63) is 82.2 Å². The molecular formula is C23H22BrFN4O2S. The SMILES string of the molecule is CC1CC(c2cc(Br)c3c(F)cn(S(=O)(=O)Cc4ccccc4)c3c2)(c2nncn2C)C1. The summed E-state index contributed by atoms with van der Waals surface area (Å²) in [6.07, 6.45) is 4.45. The van der Waals surface area contributed by atoms with Crippen LogP contribution < -0.4 is 0 Å². The molecule has 0 amide bonds. The predicted molar refractivity (Wildman–Crippen MR) is 124 cm³/mol. The van der Waals surface area contributed by atoms with Gasteiger partial charge in [0.1, 0.15) is 12.2 Å². The minimum Gasteiger partial charge on any atom is -0.320 e. The summed E-state index contributed by atoms with van der Waals surface area (Å²) in [6, 6.07) is 12.6. The fourth-order valence-electron chi connectivity index (χ4n) is 4.99. The Bertz CT molecular complexity index is 1420. The van der Waals surface area contributed by atoms with Crippen molar-refractivity contribution in [3.8, 4) is 0 Å². The van der Waals surface area contributed by atoms with Crippen LogP contribution in [0.5, 0.6) is 0 Å². The molecule has 1 saturated carbocycles. The van der Waals surface area contributed by atoms with Crippen LogP contribution in [-0.4, -0.2) is 27.2 Å². The third kappa shape index (κ3) is 3.29. The van der Waals surface area contributed by atoms with Gasteiger partial charge in [-0.1, -0.05) is 37.3 Å². The monoisotopic (exact) mass is 516 g/mol. The van der Waals surface area contributed by atoms with Gasteiger partial charge < -0.3 is 4.57 Å². The van der Waals surface area contributed by atoms with Gasteiger partial charge >= 0.3 is 0 Å². The van der Waals surface area contributed by atoms with Crippen LogP contribution in [0.3, 0.4) is 0 Å². The maximum Gasteiger partial charge on any atom is 0.243 e. The van der Waals surface area contributed by atoms with E-state index >= 15 is 0 Å². The molecule has 2 aromatic heterocycles. The highest BCUT2D eigenvalue weighted by Gasteiger charge is 2.48. The van der Waals surface area contributed by atoms with Crippen LogP contribution in [0.1, 0.15) is 36.7 Å². The molecule has 6 nitrogen and oxygen atoms in total. The van der Waals surface area contributed by atoms with E-state index in [1.165, 1.54) is 0 Å². The smallest absolute Gasteiger partial charge is 0.243 e. The van der Waals surface area contributed by atoms with E-state index in [0.29, 0.717) is 21.5 Å². The quantitative estimate of drug-likeness (QED) is 0.383. The molecule has 0 unspecified atom stereocenters. The number of fused-ring (bicyclic) bond motifs is 1. The number of rotatable bonds is 5. The lowest BCUT2D eigenvalue weighted by atomic mass is 9.58. The first-order valence-corrected chi connectivity index (χ1v) is 12.7. The first-order valence-electron chi connectivity index (χ1n) is 10.3. The molecule has 0 radical (unpaired) electrons. The van der Waals surface area contributed by atoms with Gasteiger partial charge in [0.2, 0.25) is 10.0 Å². The van der Waals surface area contributed by atoms with Crippen molar-refractivity contribution < 1.29 is 12.8 Å². The number of hydrogen-bond donors (Lipinski definition) is 0. The van der Waals surface area contributed by atoms with Gasteiger partial charge in [-0.3, -0.25) is 0 Å². The number of aromatic nitrogens is 4. The largest absolute Gasteiger partial charge is 0.320 e. The summed E-state index contributed by atoms with van der Waals surface area (Å²) in [6.45, 7) is 2.18. The maximum absolute atomic E-state index is 14.9. The van der Waals surface area contributed by atoms with Crippen LogP contribution in [0.15, 0.2) is 59.5 Å². The standard InChI is InChI=1S/C23H22BrFN4O2S/c1-15-10-23(11-15,22-27-26-14-28(22)2)17-8-18(24)21-19(25)12-29(20(21)9-17)32(30,31)13-16-6-4-3-5-7-16/h3-9,12,14-15H,10-11,13H2,1-2H3. The lowest BCUT2D eigenvalue weighted by Gasteiger charge is -2.46. The van der Waals surface area contributed by atoms with Crippen LogP contribution in [-0.2, 0) is 28.2 Å². The topological polar surface area (TPSA) is 69.8 Å². The molecule has 0 saturated heterocycles. The van der Waals surface area contributed by atoms with Crippen molar-refractivity contribution in [3.63, 3.8) is 0 Å². The average molecular weight is 517 g/mol. The molecule has 0 bridgehead atoms. The van der Waals surface area contributed by atoms with E-state index in [2.05, 4.69) is 33.1 Å². The second-order valence-electron chi connectivity index (χ2n) is 8.73. The Balaban J connectivity index is 1.69. The van der Waals surface area contributed by atoms with Crippen LogP contribution in [0, 0.1) is 11.7 Å². The van der Waals surface area contributed by atoms with E-state index in [9.17, 15) is 12.8 Å². The zero-order chi connectivity index (χ0) is 22.7. The van der Waals surface area contributed by atoms with Gasteiger partial charge in [0.25, 0.3) is 0 Å². The second-order valence-corrected chi connectivity index (χ2v) is 11.4. The molecule has 166 valence electrons. The summed E-state index contributed by atoms with van der Waals surface area (Å²) in [7, 11) is -1.93. The van der Waals surface area contributed by atoms with Crippen molar-refractivity contribution in [1.29, 1.82) is 0 Å². The van der Waals surface area contributed by atoms with Crippen LogP contribution in [0.25, 0.3) is 10.9 Å². The molecule has 0 atom stereocenters.